The van der Waals surface area contributed by atoms with Gasteiger partial charge in [0.25, 0.3) is 0 Å². The summed E-state index contributed by atoms with van der Waals surface area (Å²) in [7, 11) is 0. The Balaban J connectivity index is 2.25. The summed E-state index contributed by atoms with van der Waals surface area (Å²) in [6, 6.07) is 6.41. The van der Waals surface area contributed by atoms with Crippen molar-refractivity contribution in [2.75, 3.05) is 6.54 Å². The molecule has 0 fully saturated rings. The largest absolute Gasteiger partial charge is 0.444 e. The minimum atomic E-state index is -0.459. The van der Waals surface area contributed by atoms with Crippen LogP contribution in [0.3, 0.4) is 0 Å². The Morgan fingerprint density at radius 3 is 2.64 bits per heavy atom. The van der Waals surface area contributed by atoms with Gasteiger partial charge in [0, 0.05) is 17.1 Å². The highest BCUT2D eigenvalue weighted by Crippen LogP contribution is 2.18. The molecule has 0 saturated heterocycles. The second-order valence-electron chi connectivity index (χ2n) is 6.61. The van der Waals surface area contributed by atoms with E-state index in [-0.39, 0.29) is 12.1 Å². The molecule has 0 aliphatic heterocycles. The molecule has 0 spiro atoms. The molecule has 2 N–H and O–H groups in total. The highest BCUT2D eigenvalue weighted by Gasteiger charge is 2.17. The van der Waals surface area contributed by atoms with Gasteiger partial charge in [0.2, 0.25) is 0 Å². The van der Waals surface area contributed by atoms with Gasteiger partial charge in [0.05, 0.1) is 0 Å². The van der Waals surface area contributed by atoms with E-state index in [1.807, 2.05) is 27.7 Å². The summed E-state index contributed by atoms with van der Waals surface area (Å²) >= 11 is 3.58. The Hall–Kier alpha value is -1.07. The molecule has 1 atom stereocenters. The number of amides is 1. The zero-order valence-corrected chi connectivity index (χ0v) is 15.7. The summed E-state index contributed by atoms with van der Waals surface area (Å²) in [4.78, 5) is 11.6. The molecule has 0 radical (unpaired) electrons. The van der Waals surface area contributed by atoms with Crippen molar-refractivity contribution in [3.8, 4) is 0 Å². The molecule has 5 heteroatoms. The maximum atomic E-state index is 11.6. The SMILES string of the molecule is Cc1ccc(CNCCC(C)NC(=O)OC(C)(C)C)c(Br)c1. The molecule has 1 amide bonds. The minimum Gasteiger partial charge on any atom is -0.444 e. The second-order valence-corrected chi connectivity index (χ2v) is 7.46. The van der Waals surface area contributed by atoms with E-state index in [0.29, 0.717) is 0 Å². The van der Waals surface area contributed by atoms with Gasteiger partial charge in [0.1, 0.15) is 5.60 Å². The first-order valence-corrected chi connectivity index (χ1v) is 8.42. The molecule has 4 nitrogen and oxygen atoms in total. The van der Waals surface area contributed by atoms with Crippen LogP contribution in [0.25, 0.3) is 0 Å². The van der Waals surface area contributed by atoms with Crippen molar-refractivity contribution < 1.29 is 9.53 Å². The molecular formula is C17H27BrN2O2. The van der Waals surface area contributed by atoms with Gasteiger partial charge in [-0.2, -0.15) is 0 Å². The molecule has 1 unspecified atom stereocenters. The molecule has 22 heavy (non-hydrogen) atoms. The van der Waals surface area contributed by atoms with Crippen LogP contribution in [0.1, 0.15) is 45.2 Å². The average molecular weight is 371 g/mol. The Bertz CT molecular complexity index is 498. The van der Waals surface area contributed by atoms with Crippen LogP contribution in [0.5, 0.6) is 0 Å². The maximum absolute atomic E-state index is 11.6. The average Bonchev–Trinajstić information content (AvgIpc) is 2.34. The summed E-state index contributed by atoms with van der Waals surface area (Å²) in [5.41, 5.74) is 2.02. The van der Waals surface area contributed by atoms with Crippen LogP contribution in [0.15, 0.2) is 22.7 Å². The Morgan fingerprint density at radius 1 is 1.36 bits per heavy atom. The first kappa shape index (κ1) is 19.0. The first-order chi connectivity index (χ1) is 10.2. The van der Waals surface area contributed by atoms with Gasteiger partial charge in [-0.05, 0) is 64.8 Å². The van der Waals surface area contributed by atoms with Gasteiger partial charge in [-0.3, -0.25) is 0 Å². The summed E-state index contributed by atoms with van der Waals surface area (Å²) in [5.74, 6) is 0. The van der Waals surface area contributed by atoms with Crippen LogP contribution in [0, 0.1) is 6.92 Å². The Morgan fingerprint density at radius 2 is 2.05 bits per heavy atom. The number of carbonyl (C=O) groups excluding carboxylic acids is 1. The molecule has 0 aliphatic carbocycles. The van der Waals surface area contributed by atoms with Gasteiger partial charge in [-0.15, -0.1) is 0 Å². The van der Waals surface area contributed by atoms with E-state index in [1.165, 1.54) is 11.1 Å². The third-order valence-electron chi connectivity index (χ3n) is 3.04. The predicted octanol–water partition coefficient (Wildman–Crippen LogP) is 4.15. The molecule has 0 saturated carbocycles. The Kier molecular flexibility index (Phi) is 7.36. The topological polar surface area (TPSA) is 50.4 Å². The number of halogens is 1. The van der Waals surface area contributed by atoms with Crippen molar-refractivity contribution in [1.82, 2.24) is 10.6 Å². The summed E-state index contributed by atoms with van der Waals surface area (Å²) in [5, 5.41) is 6.24. The van der Waals surface area contributed by atoms with E-state index in [2.05, 4.69) is 51.7 Å². The lowest BCUT2D eigenvalue weighted by atomic mass is 10.1. The number of nitrogens with one attached hydrogen (secondary N) is 2. The van der Waals surface area contributed by atoms with E-state index in [9.17, 15) is 4.79 Å². The molecular weight excluding hydrogens is 344 g/mol. The molecule has 1 aromatic rings. The highest BCUT2D eigenvalue weighted by molar-refractivity contribution is 9.10. The third kappa shape index (κ3) is 7.80. The molecule has 1 aromatic carbocycles. The number of hydrogen-bond donors (Lipinski definition) is 2. The second kappa shape index (κ2) is 8.53. The van der Waals surface area contributed by atoms with Gasteiger partial charge in [0.15, 0.2) is 0 Å². The minimum absolute atomic E-state index is 0.0730. The number of aryl methyl sites for hydroxylation is 1. The number of alkyl carbamates (subject to hydrolysis) is 1. The number of benzene rings is 1. The number of hydrogen-bond acceptors (Lipinski definition) is 3. The first-order valence-electron chi connectivity index (χ1n) is 7.62. The summed E-state index contributed by atoms with van der Waals surface area (Å²) in [6.07, 6.45) is 0.490. The van der Waals surface area contributed by atoms with Crippen LogP contribution in [-0.4, -0.2) is 24.3 Å². The fraction of sp³-hybridized carbons (Fsp3) is 0.588. The van der Waals surface area contributed by atoms with Crippen LogP contribution in [0.4, 0.5) is 4.79 Å². The van der Waals surface area contributed by atoms with Crippen molar-refractivity contribution in [3.05, 3.63) is 33.8 Å². The summed E-state index contributed by atoms with van der Waals surface area (Å²) < 4.78 is 6.36. The smallest absolute Gasteiger partial charge is 0.407 e. The lowest BCUT2D eigenvalue weighted by Crippen LogP contribution is -2.38. The van der Waals surface area contributed by atoms with E-state index in [0.717, 1.165) is 24.0 Å². The normalized spacial score (nSPS) is 12.8. The quantitative estimate of drug-likeness (QED) is 0.739. The van der Waals surface area contributed by atoms with E-state index in [4.69, 9.17) is 4.74 Å². The van der Waals surface area contributed by atoms with Crippen molar-refractivity contribution in [2.24, 2.45) is 0 Å². The van der Waals surface area contributed by atoms with Crippen LogP contribution in [-0.2, 0) is 11.3 Å². The van der Waals surface area contributed by atoms with Crippen molar-refractivity contribution in [1.29, 1.82) is 0 Å². The zero-order chi connectivity index (χ0) is 16.8. The van der Waals surface area contributed by atoms with Crippen molar-refractivity contribution in [3.63, 3.8) is 0 Å². The monoisotopic (exact) mass is 370 g/mol. The van der Waals surface area contributed by atoms with Crippen LogP contribution in [0.2, 0.25) is 0 Å². The number of ether oxygens (including phenoxy) is 1. The third-order valence-corrected chi connectivity index (χ3v) is 3.78. The molecule has 0 aromatic heterocycles. The predicted molar refractivity (Wildman–Crippen MR) is 94.0 cm³/mol. The standard InChI is InChI=1S/C17H27BrN2O2/c1-12-6-7-14(15(18)10-12)11-19-9-8-13(2)20-16(21)22-17(3,4)5/h6-7,10,13,19H,8-9,11H2,1-5H3,(H,20,21). The molecule has 0 heterocycles. The zero-order valence-electron chi connectivity index (χ0n) is 14.1. The number of rotatable bonds is 6. The van der Waals surface area contributed by atoms with Crippen molar-refractivity contribution in [2.45, 2.75) is 59.2 Å². The maximum Gasteiger partial charge on any atom is 0.407 e. The van der Waals surface area contributed by atoms with E-state index >= 15 is 0 Å². The molecule has 124 valence electrons. The van der Waals surface area contributed by atoms with Gasteiger partial charge in [-0.25, -0.2) is 4.79 Å². The van der Waals surface area contributed by atoms with Gasteiger partial charge >= 0.3 is 6.09 Å². The van der Waals surface area contributed by atoms with E-state index in [1.54, 1.807) is 0 Å². The van der Waals surface area contributed by atoms with E-state index < -0.39 is 5.60 Å². The fourth-order valence-corrected chi connectivity index (χ4v) is 2.55. The highest BCUT2D eigenvalue weighted by atomic mass is 79.9. The fourth-order valence-electron chi connectivity index (χ4n) is 1.92. The van der Waals surface area contributed by atoms with Gasteiger partial charge < -0.3 is 15.4 Å². The van der Waals surface area contributed by atoms with Crippen LogP contribution >= 0.6 is 15.9 Å². The van der Waals surface area contributed by atoms with Crippen LogP contribution < -0.4 is 10.6 Å². The van der Waals surface area contributed by atoms with Crippen molar-refractivity contribution >= 4 is 22.0 Å². The lowest BCUT2D eigenvalue weighted by molar-refractivity contribution is 0.0506. The number of carbonyl (C=O) groups is 1. The molecule has 0 aliphatic rings. The molecule has 0 bridgehead atoms. The molecule has 1 rings (SSSR count). The summed E-state index contributed by atoms with van der Waals surface area (Å²) in [6.45, 7) is 11.3. The Labute approximate surface area is 142 Å². The lowest BCUT2D eigenvalue weighted by Gasteiger charge is -2.22. The van der Waals surface area contributed by atoms with Gasteiger partial charge in [-0.1, -0.05) is 28.1 Å².